The summed E-state index contributed by atoms with van der Waals surface area (Å²) >= 11 is 0. The Hall–Kier alpha value is -4.65. The Bertz CT molecular complexity index is 1810. The standard InChI is InChI=1S/C26H21F3N6O3S/c1-14(2)38-15-10-12-35-21(13-15)33-23(24(35)20-9-11-31-26(30)32-20)16-5-3-8-19(22(16)29)34-39(36,37)25-17(27)6-4-7-18(25)28/h3-14,34H,1-2H3,(H2,30,31,32). The molecular weight excluding hydrogens is 533 g/mol. The molecule has 0 spiro atoms. The fraction of sp³-hybridized carbons (Fsp3) is 0.115. The van der Waals surface area contributed by atoms with E-state index >= 15 is 4.39 Å². The van der Waals surface area contributed by atoms with Gasteiger partial charge in [-0.3, -0.25) is 9.12 Å². The highest BCUT2D eigenvalue weighted by Crippen LogP contribution is 2.37. The van der Waals surface area contributed by atoms with Crippen LogP contribution in [0.4, 0.5) is 24.8 Å². The van der Waals surface area contributed by atoms with Gasteiger partial charge < -0.3 is 10.5 Å². The fourth-order valence-electron chi connectivity index (χ4n) is 4.04. The molecule has 0 unspecified atom stereocenters. The van der Waals surface area contributed by atoms with Crippen LogP contribution in [0.3, 0.4) is 0 Å². The van der Waals surface area contributed by atoms with E-state index in [2.05, 4.69) is 15.0 Å². The van der Waals surface area contributed by atoms with Gasteiger partial charge in [-0.15, -0.1) is 0 Å². The van der Waals surface area contributed by atoms with Gasteiger partial charge in [0.25, 0.3) is 10.0 Å². The lowest BCUT2D eigenvalue weighted by Crippen LogP contribution is -2.17. The zero-order chi connectivity index (χ0) is 27.9. The Morgan fingerprint density at radius 1 is 1.00 bits per heavy atom. The van der Waals surface area contributed by atoms with E-state index in [1.807, 2.05) is 18.6 Å². The van der Waals surface area contributed by atoms with Crippen molar-refractivity contribution in [2.75, 3.05) is 10.5 Å². The predicted molar refractivity (Wildman–Crippen MR) is 139 cm³/mol. The number of halogens is 3. The summed E-state index contributed by atoms with van der Waals surface area (Å²) in [4.78, 5) is 11.5. The van der Waals surface area contributed by atoms with Crippen LogP contribution >= 0.6 is 0 Å². The number of pyridine rings is 1. The molecule has 3 heterocycles. The normalized spacial score (nSPS) is 11.7. The van der Waals surface area contributed by atoms with Crippen LogP contribution in [0, 0.1) is 17.5 Å². The van der Waals surface area contributed by atoms with Crippen molar-refractivity contribution in [3.05, 3.63) is 84.4 Å². The lowest BCUT2D eigenvalue weighted by atomic mass is 10.1. The maximum atomic E-state index is 15.9. The van der Waals surface area contributed by atoms with E-state index in [9.17, 15) is 17.2 Å². The molecule has 0 amide bonds. The molecule has 0 bridgehead atoms. The van der Waals surface area contributed by atoms with Gasteiger partial charge in [-0.25, -0.2) is 36.5 Å². The van der Waals surface area contributed by atoms with Crippen molar-refractivity contribution in [3.63, 3.8) is 0 Å². The Balaban J connectivity index is 1.68. The van der Waals surface area contributed by atoms with Gasteiger partial charge in [-0.2, -0.15) is 0 Å². The third-order valence-electron chi connectivity index (χ3n) is 5.57. The topological polar surface area (TPSA) is 124 Å². The van der Waals surface area contributed by atoms with Crippen molar-refractivity contribution in [1.29, 1.82) is 0 Å². The zero-order valence-electron chi connectivity index (χ0n) is 20.6. The van der Waals surface area contributed by atoms with Crippen molar-refractivity contribution in [3.8, 4) is 28.4 Å². The molecule has 0 radical (unpaired) electrons. The highest BCUT2D eigenvalue weighted by molar-refractivity contribution is 7.92. The number of benzene rings is 2. The molecular formula is C26H21F3N6O3S. The van der Waals surface area contributed by atoms with Crippen LogP contribution in [0.5, 0.6) is 5.75 Å². The molecule has 9 nitrogen and oxygen atoms in total. The lowest BCUT2D eigenvalue weighted by molar-refractivity contribution is 0.242. The first-order chi connectivity index (χ1) is 18.5. The second kappa shape index (κ2) is 9.91. The molecule has 0 saturated carbocycles. The number of nitrogen functional groups attached to an aromatic ring is 1. The van der Waals surface area contributed by atoms with E-state index in [-0.39, 0.29) is 23.3 Å². The molecule has 0 saturated heterocycles. The quantitative estimate of drug-likeness (QED) is 0.289. The highest BCUT2D eigenvalue weighted by Gasteiger charge is 2.27. The van der Waals surface area contributed by atoms with Crippen molar-refractivity contribution >= 4 is 27.3 Å². The molecule has 0 fully saturated rings. The molecule has 3 aromatic heterocycles. The van der Waals surface area contributed by atoms with Crippen LogP contribution in [0.1, 0.15) is 13.8 Å². The number of imidazole rings is 1. The SMILES string of the molecule is CC(C)Oc1ccn2c(-c3ccnc(N)n3)c(-c3cccc(NS(=O)(=O)c4c(F)cccc4F)c3F)nc2c1. The molecule has 0 aliphatic carbocycles. The van der Waals surface area contributed by atoms with Crippen LogP contribution in [-0.4, -0.2) is 33.9 Å². The second-order valence-electron chi connectivity index (χ2n) is 8.69. The smallest absolute Gasteiger partial charge is 0.267 e. The fourth-order valence-corrected chi connectivity index (χ4v) is 5.24. The molecule has 200 valence electrons. The third kappa shape index (κ3) is 4.95. The average Bonchev–Trinajstić information content (AvgIpc) is 3.23. The Kier molecular flexibility index (Phi) is 6.60. The highest BCUT2D eigenvalue weighted by atomic mass is 32.2. The molecule has 0 aliphatic rings. The number of aromatic nitrogens is 4. The van der Waals surface area contributed by atoms with E-state index in [0.29, 0.717) is 22.8 Å². The number of anilines is 2. The first-order valence-corrected chi connectivity index (χ1v) is 13.1. The van der Waals surface area contributed by atoms with Gasteiger partial charge in [0.1, 0.15) is 28.7 Å². The number of hydrogen-bond donors (Lipinski definition) is 2. The Labute approximate surface area is 221 Å². The summed E-state index contributed by atoms with van der Waals surface area (Å²) in [5, 5.41) is 0. The zero-order valence-corrected chi connectivity index (χ0v) is 21.4. The van der Waals surface area contributed by atoms with Crippen LogP contribution in [0.25, 0.3) is 28.3 Å². The second-order valence-corrected chi connectivity index (χ2v) is 10.3. The summed E-state index contributed by atoms with van der Waals surface area (Å²) in [5.74, 6) is -3.16. The monoisotopic (exact) mass is 554 g/mol. The molecule has 39 heavy (non-hydrogen) atoms. The number of nitrogens with two attached hydrogens (primary N) is 1. The van der Waals surface area contributed by atoms with E-state index < -0.39 is 38.1 Å². The van der Waals surface area contributed by atoms with Gasteiger partial charge in [0.15, 0.2) is 10.7 Å². The Morgan fingerprint density at radius 2 is 1.72 bits per heavy atom. The number of sulfonamides is 1. The summed E-state index contributed by atoms with van der Waals surface area (Å²) in [6, 6.07) is 11.4. The van der Waals surface area contributed by atoms with Crippen LogP contribution in [-0.2, 0) is 10.0 Å². The van der Waals surface area contributed by atoms with Crippen molar-refractivity contribution in [1.82, 2.24) is 19.4 Å². The number of nitrogens with zero attached hydrogens (tertiary/aromatic N) is 4. The van der Waals surface area contributed by atoms with E-state index in [1.54, 1.807) is 28.8 Å². The number of rotatable bonds is 7. The summed E-state index contributed by atoms with van der Waals surface area (Å²) in [5.41, 5.74) is 6.30. The Morgan fingerprint density at radius 3 is 2.41 bits per heavy atom. The van der Waals surface area contributed by atoms with Crippen LogP contribution in [0.15, 0.2) is 71.9 Å². The maximum absolute atomic E-state index is 15.9. The van der Waals surface area contributed by atoms with Gasteiger partial charge in [0.05, 0.1) is 23.2 Å². The molecule has 0 aliphatic heterocycles. The minimum atomic E-state index is -4.83. The molecule has 5 aromatic rings. The van der Waals surface area contributed by atoms with E-state index in [4.69, 9.17) is 10.5 Å². The van der Waals surface area contributed by atoms with E-state index in [0.717, 1.165) is 24.3 Å². The number of ether oxygens (including phenoxy) is 1. The van der Waals surface area contributed by atoms with Crippen LogP contribution < -0.4 is 15.2 Å². The van der Waals surface area contributed by atoms with Gasteiger partial charge in [-0.1, -0.05) is 12.1 Å². The third-order valence-corrected chi connectivity index (χ3v) is 6.99. The largest absolute Gasteiger partial charge is 0.491 e. The molecule has 13 heteroatoms. The number of nitrogens with one attached hydrogen (secondary N) is 1. The lowest BCUT2D eigenvalue weighted by Gasteiger charge is -2.13. The first kappa shape index (κ1) is 26.0. The summed E-state index contributed by atoms with van der Waals surface area (Å²) in [7, 11) is -4.83. The minimum Gasteiger partial charge on any atom is -0.491 e. The summed E-state index contributed by atoms with van der Waals surface area (Å²) < 4.78 is 79.3. The minimum absolute atomic E-state index is 0.0259. The molecule has 5 rings (SSSR count). The molecule has 0 atom stereocenters. The van der Waals surface area contributed by atoms with Crippen molar-refractivity contribution in [2.24, 2.45) is 0 Å². The van der Waals surface area contributed by atoms with Gasteiger partial charge in [0.2, 0.25) is 5.95 Å². The summed E-state index contributed by atoms with van der Waals surface area (Å²) in [6.45, 7) is 3.73. The van der Waals surface area contributed by atoms with E-state index in [1.165, 1.54) is 18.3 Å². The van der Waals surface area contributed by atoms with Gasteiger partial charge in [0, 0.05) is 24.0 Å². The summed E-state index contributed by atoms with van der Waals surface area (Å²) in [6.07, 6.45) is 2.99. The molecule has 2 aromatic carbocycles. The van der Waals surface area contributed by atoms with Crippen molar-refractivity contribution < 1.29 is 26.3 Å². The first-order valence-electron chi connectivity index (χ1n) is 11.6. The molecule has 3 N–H and O–H groups in total. The van der Waals surface area contributed by atoms with Crippen molar-refractivity contribution in [2.45, 2.75) is 24.8 Å². The number of hydrogen-bond acceptors (Lipinski definition) is 7. The predicted octanol–water partition coefficient (Wildman–Crippen LogP) is 5.05. The van der Waals surface area contributed by atoms with Gasteiger partial charge in [-0.05, 0) is 50.2 Å². The maximum Gasteiger partial charge on any atom is 0.267 e. The van der Waals surface area contributed by atoms with Crippen LogP contribution in [0.2, 0.25) is 0 Å². The van der Waals surface area contributed by atoms with Gasteiger partial charge >= 0.3 is 0 Å². The number of fused-ring (bicyclic) bond motifs is 1. The average molecular weight is 555 g/mol.